The summed E-state index contributed by atoms with van der Waals surface area (Å²) in [6.45, 7) is 8.49. The van der Waals surface area contributed by atoms with Crippen molar-refractivity contribution >= 4 is 21.6 Å². The molecule has 0 aliphatic rings. The van der Waals surface area contributed by atoms with Crippen LogP contribution in [0, 0.1) is 6.92 Å². The van der Waals surface area contributed by atoms with E-state index >= 15 is 0 Å². The number of carbonyl (C=O) groups excluding carboxylic acids is 1. The number of nitrogens with zero attached hydrogens (tertiary/aromatic N) is 1. The average Bonchev–Trinajstić information content (AvgIpc) is 2.69. The van der Waals surface area contributed by atoms with E-state index in [-0.39, 0.29) is 23.4 Å². The highest BCUT2D eigenvalue weighted by atomic mass is 32.2. The fourth-order valence-electron chi connectivity index (χ4n) is 3.05. The number of nitrogens with two attached hydrogens (primary N) is 1. The van der Waals surface area contributed by atoms with Gasteiger partial charge in [0.2, 0.25) is 10.0 Å². The first kappa shape index (κ1) is 22.1. The van der Waals surface area contributed by atoms with E-state index in [2.05, 4.69) is 5.32 Å². The van der Waals surface area contributed by atoms with E-state index in [0.29, 0.717) is 24.3 Å². The molecule has 0 aliphatic carbocycles. The van der Waals surface area contributed by atoms with Crippen LogP contribution in [0.5, 0.6) is 0 Å². The highest BCUT2D eigenvalue weighted by molar-refractivity contribution is 7.89. The molecule has 3 N–H and O–H groups in total. The van der Waals surface area contributed by atoms with Gasteiger partial charge in [0, 0.05) is 24.3 Å². The third kappa shape index (κ3) is 5.41. The minimum atomic E-state index is -3.58. The lowest BCUT2D eigenvalue weighted by Gasteiger charge is -2.20. The summed E-state index contributed by atoms with van der Waals surface area (Å²) >= 11 is 0. The van der Waals surface area contributed by atoms with Crippen LogP contribution in [0.2, 0.25) is 0 Å². The molecule has 0 fully saturated rings. The van der Waals surface area contributed by atoms with Gasteiger partial charge in [0.05, 0.1) is 4.90 Å². The first-order valence-electron chi connectivity index (χ1n) is 9.58. The van der Waals surface area contributed by atoms with Crippen LogP contribution in [0.25, 0.3) is 0 Å². The van der Waals surface area contributed by atoms with Gasteiger partial charge in [-0.2, -0.15) is 4.31 Å². The smallest absolute Gasteiger partial charge is 0.279 e. The van der Waals surface area contributed by atoms with E-state index in [9.17, 15) is 13.2 Å². The fraction of sp³-hybridized carbons (Fsp3) is 0.381. The second-order valence-corrected chi connectivity index (χ2v) is 8.66. The summed E-state index contributed by atoms with van der Waals surface area (Å²) in [6.07, 6.45) is 0. The van der Waals surface area contributed by atoms with E-state index in [0.717, 1.165) is 5.56 Å². The average molecular weight is 405 g/mol. The maximum atomic E-state index is 12.8. The van der Waals surface area contributed by atoms with Gasteiger partial charge in [-0.1, -0.05) is 50.2 Å². The van der Waals surface area contributed by atoms with Gasteiger partial charge in [-0.15, -0.1) is 0 Å². The Morgan fingerprint density at radius 1 is 1.11 bits per heavy atom. The van der Waals surface area contributed by atoms with Gasteiger partial charge >= 0.3 is 0 Å². The van der Waals surface area contributed by atoms with Crippen LogP contribution in [-0.2, 0) is 14.8 Å². The third-order valence-electron chi connectivity index (χ3n) is 4.78. The summed E-state index contributed by atoms with van der Waals surface area (Å²) in [6, 6.07) is 15.1. The molecule has 7 heteroatoms. The molecule has 28 heavy (non-hydrogen) atoms. The Bertz CT molecular complexity index is 894. The van der Waals surface area contributed by atoms with Crippen LogP contribution in [0.15, 0.2) is 53.4 Å². The summed E-state index contributed by atoms with van der Waals surface area (Å²) < 4.78 is 27.1. The van der Waals surface area contributed by atoms with E-state index in [4.69, 9.17) is 0 Å². The highest BCUT2D eigenvalue weighted by Crippen LogP contribution is 2.23. The maximum Gasteiger partial charge on any atom is 0.279 e. The normalized spacial score (nSPS) is 12.8. The molecule has 0 saturated heterocycles. The van der Waals surface area contributed by atoms with Crippen LogP contribution in [-0.4, -0.2) is 38.3 Å². The lowest BCUT2D eigenvalue weighted by atomic mass is 10.1. The Morgan fingerprint density at radius 3 is 2.36 bits per heavy atom. The third-order valence-corrected chi connectivity index (χ3v) is 6.97. The second-order valence-electron chi connectivity index (χ2n) is 6.76. The number of anilines is 1. The quantitative estimate of drug-likeness (QED) is 0.673. The van der Waals surface area contributed by atoms with Crippen molar-refractivity contribution in [3.63, 3.8) is 0 Å². The molecule has 152 valence electrons. The molecule has 0 aromatic heterocycles. The number of hydrogen-bond acceptors (Lipinski definition) is 3. The van der Waals surface area contributed by atoms with Crippen LogP contribution in [0.3, 0.4) is 0 Å². The summed E-state index contributed by atoms with van der Waals surface area (Å²) in [7, 11) is -3.58. The molecular weight excluding hydrogens is 374 g/mol. The van der Waals surface area contributed by atoms with E-state index in [1.54, 1.807) is 25.1 Å². The first-order chi connectivity index (χ1) is 13.3. The highest BCUT2D eigenvalue weighted by Gasteiger charge is 2.24. The number of nitrogens with one attached hydrogen (secondary N) is 1. The second kappa shape index (κ2) is 9.82. The molecule has 0 radical (unpaired) electrons. The topological polar surface area (TPSA) is 83.1 Å². The number of hydrogen-bond donors (Lipinski definition) is 2. The Kier molecular flexibility index (Phi) is 7.74. The van der Waals surface area contributed by atoms with Crippen molar-refractivity contribution in [3.05, 3.63) is 59.7 Å². The van der Waals surface area contributed by atoms with Crippen LogP contribution in [0.1, 0.15) is 37.9 Å². The Hall–Kier alpha value is -2.22. The van der Waals surface area contributed by atoms with Crippen molar-refractivity contribution in [2.45, 2.75) is 38.6 Å². The molecule has 0 unspecified atom stereocenters. The maximum absolute atomic E-state index is 12.8. The number of benzene rings is 2. The monoisotopic (exact) mass is 404 g/mol. The van der Waals surface area contributed by atoms with Gasteiger partial charge in [-0.05, 0) is 31.5 Å². The standard InChI is InChI=1S/C21H29N3O3S/c1-5-24(6-2)28(26,27)20-14-19(13-12-16(20)3)23-21(25)15-22-17(4)18-10-8-7-9-11-18/h7-14,17,22H,5-6,15H2,1-4H3,(H,23,25)/p+1/t17-/m1/s1. The molecule has 1 amide bonds. The predicted molar refractivity (Wildman–Crippen MR) is 112 cm³/mol. The zero-order valence-corrected chi connectivity index (χ0v) is 17.8. The minimum Gasteiger partial charge on any atom is -0.333 e. The fourth-order valence-corrected chi connectivity index (χ4v) is 4.76. The van der Waals surface area contributed by atoms with Crippen molar-refractivity contribution in [3.8, 4) is 0 Å². The largest absolute Gasteiger partial charge is 0.333 e. The van der Waals surface area contributed by atoms with E-state index in [1.165, 1.54) is 4.31 Å². The van der Waals surface area contributed by atoms with Gasteiger partial charge in [0.25, 0.3) is 5.91 Å². The van der Waals surface area contributed by atoms with Gasteiger partial charge in [0.15, 0.2) is 6.54 Å². The van der Waals surface area contributed by atoms with Crippen LogP contribution >= 0.6 is 0 Å². The zero-order chi connectivity index (χ0) is 20.7. The molecule has 1 atom stereocenters. The summed E-state index contributed by atoms with van der Waals surface area (Å²) in [5.74, 6) is -0.169. The van der Waals surface area contributed by atoms with E-state index in [1.807, 2.05) is 56.4 Å². The molecule has 6 nitrogen and oxygen atoms in total. The number of carbonyl (C=O) groups is 1. The Morgan fingerprint density at radius 2 is 1.75 bits per heavy atom. The lowest BCUT2D eigenvalue weighted by molar-refractivity contribution is -0.682. The molecule has 2 rings (SSSR count). The summed E-state index contributed by atoms with van der Waals surface area (Å²) in [4.78, 5) is 12.6. The predicted octanol–water partition coefficient (Wildman–Crippen LogP) is 2.29. The Labute approximate surface area is 168 Å². The van der Waals surface area contributed by atoms with Crippen molar-refractivity contribution < 1.29 is 18.5 Å². The molecule has 2 aromatic carbocycles. The number of amides is 1. The van der Waals surface area contributed by atoms with E-state index < -0.39 is 10.0 Å². The van der Waals surface area contributed by atoms with Gasteiger partial charge in [-0.3, -0.25) is 4.79 Å². The number of aryl methyl sites for hydroxylation is 1. The van der Waals surface area contributed by atoms with Gasteiger partial charge in [-0.25, -0.2) is 8.42 Å². The first-order valence-corrected chi connectivity index (χ1v) is 11.0. The Balaban J connectivity index is 2.07. The molecule has 2 aromatic rings. The molecule has 0 saturated carbocycles. The van der Waals surface area contributed by atoms with Crippen molar-refractivity contribution in [2.75, 3.05) is 25.0 Å². The van der Waals surface area contributed by atoms with Gasteiger partial charge < -0.3 is 10.6 Å². The molecule has 0 aliphatic heterocycles. The number of sulfonamides is 1. The van der Waals surface area contributed by atoms with Crippen molar-refractivity contribution in [1.29, 1.82) is 0 Å². The molecule has 0 bridgehead atoms. The lowest BCUT2D eigenvalue weighted by Crippen LogP contribution is -2.86. The zero-order valence-electron chi connectivity index (χ0n) is 17.0. The van der Waals surface area contributed by atoms with Crippen LogP contribution < -0.4 is 10.6 Å². The molecule has 0 spiro atoms. The number of quaternary nitrogens is 1. The number of rotatable bonds is 9. The SMILES string of the molecule is CCN(CC)S(=O)(=O)c1cc(NC(=O)C[NH2+][C@H](C)c2ccccc2)ccc1C. The van der Waals surface area contributed by atoms with Crippen LogP contribution in [0.4, 0.5) is 5.69 Å². The summed E-state index contributed by atoms with van der Waals surface area (Å²) in [5.41, 5.74) is 2.30. The van der Waals surface area contributed by atoms with Gasteiger partial charge in [0.1, 0.15) is 6.04 Å². The van der Waals surface area contributed by atoms with Crippen molar-refractivity contribution in [2.24, 2.45) is 0 Å². The minimum absolute atomic E-state index is 0.156. The van der Waals surface area contributed by atoms with Crippen molar-refractivity contribution in [1.82, 2.24) is 4.31 Å². The summed E-state index contributed by atoms with van der Waals surface area (Å²) in [5, 5.41) is 4.76. The molecule has 0 heterocycles. The molecular formula is C21H30N3O3S+.